The molecule has 0 spiro atoms. The first-order valence-electron chi connectivity index (χ1n) is 13.9. The number of carbonyl (C=O) groups excluding carboxylic acids is 2. The summed E-state index contributed by atoms with van der Waals surface area (Å²) in [5.74, 6) is -0.441. The first kappa shape index (κ1) is 29.9. The van der Waals surface area contributed by atoms with Crippen LogP contribution in [0.25, 0.3) is 5.57 Å². The SMILES string of the molecule is CCOC(=O)C1=C(C(=O)OCC)N(CC)C(C)C(c2ccc(Cl)cc2)(c2ccc(OC)cc2)C=C1c1ccccc1. The van der Waals surface area contributed by atoms with Crippen LogP contribution < -0.4 is 4.74 Å². The number of carbonyl (C=O) groups is 2. The molecular formula is C34H36ClNO5. The zero-order valence-corrected chi connectivity index (χ0v) is 24.9. The molecule has 7 heteroatoms. The molecule has 0 amide bonds. The van der Waals surface area contributed by atoms with E-state index in [9.17, 15) is 9.59 Å². The number of hydrogen-bond acceptors (Lipinski definition) is 6. The molecule has 1 aliphatic rings. The van der Waals surface area contributed by atoms with E-state index in [2.05, 4.69) is 13.0 Å². The molecule has 2 atom stereocenters. The Morgan fingerprint density at radius 3 is 1.93 bits per heavy atom. The molecule has 4 rings (SSSR count). The Morgan fingerprint density at radius 1 is 0.829 bits per heavy atom. The predicted octanol–water partition coefficient (Wildman–Crippen LogP) is 6.82. The monoisotopic (exact) mass is 573 g/mol. The summed E-state index contributed by atoms with van der Waals surface area (Å²) < 4.78 is 16.6. The fourth-order valence-corrected chi connectivity index (χ4v) is 5.77. The summed E-state index contributed by atoms with van der Waals surface area (Å²) in [6.45, 7) is 8.28. The summed E-state index contributed by atoms with van der Waals surface area (Å²) in [5.41, 5.74) is 2.77. The quantitative estimate of drug-likeness (QED) is 0.262. The molecule has 2 unspecified atom stereocenters. The van der Waals surface area contributed by atoms with Crippen LogP contribution in [0.2, 0.25) is 5.02 Å². The van der Waals surface area contributed by atoms with Gasteiger partial charge in [0.15, 0.2) is 0 Å². The molecule has 1 heterocycles. The van der Waals surface area contributed by atoms with Crippen molar-refractivity contribution in [1.29, 1.82) is 0 Å². The summed E-state index contributed by atoms with van der Waals surface area (Å²) in [6.07, 6.45) is 2.10. The number of ether oxygens (including phenoxy) is 3. The van der Waals surface area contributed by atoms with Crippen LogP contribution in [0.3, 0.4) is 0 Å². The fraction of sp³-hybridized carbons (Fsp3) is 0.294. The number of nitrogens with zero attached hydrogens (tertiary/aromatic N) is 1. The third-order valence-corrected chi connectivity index (χ3v) is 7.81. The van der Waals surface area contributed by atoms with E-state index >= 15 is 0 Å². The Kier molecular flexibility index (Phi) is 9.56. The van der Waals surface area contributed by atoms with Crippen molar-refractivity contribution in [1.82, 2.24) is 4.90 Å². The van der Waals surface area contributed by atoms with Crippen molar-refractivity contribution in [3.63, 3.8) is 0 Å². The largest absolute Gasteiger partial charge is 0.497 e. The second-order valence-corrected chi connectivity index (χ2v) is 10.1. The van der Waals surface area contributed by atoms with Crippen LogP contribution in [-0.2, 0) is 24.5 Å². The van der Waals surface area contributed by atoms with Gasteiger partial charge >= 0.3 is 11.9 Å². The summed E-state index contributed by atoms with van der Waals surface area (Å²) in [4.78, 5) is 29.6. The second kappa shape index (κ2) is 13.1. The highest BCUT2D eigenvalue weighted by Crippen LogP contribution is 2.47. The molecule has 0 saturated heterocycles. The average Bonchev–Trinajstić information content (AvgIpc) is 3.11. The van der Waals surface area contributed by atoms with Crippen LogP contribution in [-0.4, -0.2) is 49.7 Å². The van der Waals surface area contributed by atoms with E-state index in [1.165, 1.54) is 0 Å². The van der Waals surface area contributed by atoms with Crippen molar-refractivity contribution in [2.45, 2.75) is 39.2 Å². The number of hydrogen-bond donors (Lipinski definition) is 0. The summed E-state index contributed by atoms with van der Waals surface area (Å²) in [6, 6.07) is 24.8. The molecule has 214 valence electrons. The van der Waals surface area contributed by atoms with Gasteiger partial charge in [-0.2, -0.15) is 0 Å². The fourth-order valence-electron chi connectivity index (χ4n) is 5.65. The van der Waals surface area contributed by atoms with Gasteiger partial charge in [-0.25, -0.2) is 9.59 Å². The average molecular weight is 574 g/mol. The third-order valence-electron chi connectivity index (χ3n) is 7.56. The van der Waals surface area contributed by atoms with Crippen LogP contribution >= 0.6 is 11.6 Å². The van der Waals surface area contributed by atoms with Gasteiger partial charge in [-0.1, -0.05) is 72.3 Å². The van der Waals surface area contributed by atoms with Crippen LogP contribution in [0.5, 0.6) is 5.75 Å². The highest BCUT2D eigenvalue weighted by Gasteiger charge is 2.47. The van der Waals surface area contributed by atoms with Crippen LogP contribution in [0.15, 0.2) is 96.2 Å². The predicted molar refractivity (Wildman–Crippen MR) is 162 cm³/mol. The van der Waals surface area contributed by atoms with Crippen LogP contribution in [0.1, 0.15) is 44.4 Å². The lowest BCUT2D eigenvalue weighted by Gasteiger charge is -2.44. The van der Waals surface area contributed by atoms with E-state index < -0.39 is 17.4 Å². The number of esters is 2. The molecule has 0 bridgehead atoms. The van der Waals surface area contributed by atoms with Crippen LogP contribution in [0, 0.1) is 0 Å². The molecule has 0 N–H and O–H groups in total. The lowest BCUT2D eigenvalue weighted by Crippen LogP contribution is -2.49. The van der Waals surface area contributed by atoms with Gasteiger partial charge in [0.25, 0.3) is 0 Å². The molecule has 6 nitrogen and oxygen atoms in total. The highest BCUT2D eigenvalue weighted by molar-refractivity contribution is 6.30. The zero-order valence-electron chi connectivity index (χ0n) is 24.1. The van der Waals surface area contributed by atoms with Crippen molar-refractivity contribution >= 4 is 29.1 Å². The maximum Gasteiger partial charge on any atom is 0.355 e. The third kappa shape index (κ3) is 5.75. The minimum absolute atomic E-state index is 0.156. The van der Waals surface area contributed by atoms with Gasteiger partial charge in [0.05, 0.1) is 31.3 Å². The first-order valence-corrected chi connectivity index (χ1v) is 14.2. The number of benzene rings is 3. The van der Waals surface area contributed by atoms with Crippen LogP contribution in [0.4, 0.5) is 0 Å². The molecule has 0 radical (unpaired) electrons. The lowest BCUT2D eigenvalue weighted by atomic mass is 9.67. The molecule has 0 aromatic heterocycles. The van der Waals surface area contributed by atoms with Crippen molar-refractivity contribution in [3.05, 3.63) is 118 Å². The smallest absolute Gasteiger partial charge is 0.355 e. The molecule has 3 aromatic carbocycles. The lowest BCUT2D eigenvalue weighted by molar-refractivity contribution is -0.143. The number of likely N-dealkylation sites (N-methyl/N-ethyl adjacent to an activating group) is 1. The van der Waals surface area contributed by atoms with E-state index in [-0.39, 0.29) is 30.5 Å². The highest BCUT2D eigenvalue weighted by atomic mass is 35.5. The van der Waals surface area contributed by atoms with Gasteiger partial charge in [0.1, 0.15) is 11.4 Å². The van der Waals surface area contributed by atoms with Crippen molar-refractivity contribution in [3.8, 4) is 5.75 Å². The van der Waals surface area contributed by atoms with Gasteiger partial charge in [-0.05, 0) is 74.2 Å². The van der Waals surface area contributed by atoms with Crippen molar-refractivity contribution in [2.75, 3.05) is 26.9 Å². The zero-order chi connectivity index (χ0) is 29.6. The summed E-state index contributed by atoms with van der Waals surface area (Å²) in [7, 11) is 1.63. The van der Waals surface area contributed by atoms with Gasteiger partial charge in [-0.15, -0.1) is 0 Å². The number of rotatable bonds is 9. The second-order valence-electron chi connectivity index (χ2n) is 9.65. The first-order chi connectivity index (χ1) is 19.8. The Hall–Kier alpha value is -4.03. The Morgan fingerprint density at radius 2 is 1.39 bits per heavy atom. The molecule has 0 aliphatic carbocycles. The van der Waals surface area contributed by atoms with E-state index in [0.29, 0.717) is 17.1 Å². The number of halogens is 1. The molecule has 41 heavy (non-hydrogen) atoms. The van der Waals surface area contributed by atoms with Gasteiger partial charge in [0.2, 0.25) is 0 Å². The Labute approximate surface area is 247 Å². The molecule has 3 aromatic rings. The maximum atomic E-state index is 13.8. The molecular weight excluding hydrogens is 538 g/mol. The van der Waals surface area contributed by atoms with Gasteiger partial charge < -0.3 is 19.1 Å². The van der Waals surface area contributed by atoms with E-state index in [4.69, 9.17) is 25.8 Å². The van der Waals surface area contributed by atoms with Gasteiger partial charge in [-0.3, -0.25) is 0 Å². The van der Waals surface area contributed by atoms with E-state index in [1.807, 2.05) is 90.7 Å². The number of methoxy groups -OCH3 is 1. The summed E-state index contributed by atoms with van der Waals surface area (Å²) >= 11 is 6.36. The molecule has 0 fully saturated rings. The molecule has 0 saturated carbocycles. The minimum atomic E-state index is -0.843. The maximum absolute atomic E-state index is 13.8. The summed E-state index contributed by atoms with van der Waals surface area (Å²) in [5, 5.41) is 0.608. The van der Waals surface area contributed by atoms with E-state index in [1.54, 1.807) is 21.0 Å². The standard InChI is InChI=1S/C34H36ClNO5/c1-6-36-23(4)34(25-14-18-27(35)19-15-25,26-16-20-28(39-5)21-17-26)22-29(24-12-10-9-11-13-24)30(32(37)40-7-2)31(36)33(38)41-8-3/h9-23H,6-8H2,1-5H3. The van der Waals surface area contributed by atoms with Crippen molar-refractivity contribution < 1.29 is 23.8 Å². The minimum Gasteiger partial charge on any atom is -0.497 e. The molecule has 1 aliphatic heterocycles. The van der Waals surface area contributed by atoms with Crippen molar-refractivity contribution in [2.24, 2.45) is 0 Å². The normalized spacial score (nSPS) is 18.8. The Bertz CT molecular complexity index is 1430. The van der Waals surface area contributed by atoms with Gasteiger partial charge in [0, 0.05) is 17.6 Å². The Balaban J connectivity index is 2.20. The van der Waals surface area contributed by atoms with E-state index in [0.717, 1.165) is 22.4 Å². The topological polar surface area (TPSA) is 65.1 Å².